The van der Waals surface area contributed by atoms with Crippen LogP contribution < -0.4 is 14.8 Å². The van der Waals surface area contributed by atoms with Crippen molar-refractivity contribution < 1.29 is 9.47 Å². The van der Waals surface area contributed by atoms with Gasteiger partial charge in [0.2, 0.25) is 0 Å². The lowest BCUT2D eigenvalue weighted by Gasteiger charge is -2.16. The molecule has 0 atom stereocenters. The van der Waals surface area contributed by atoms with Crippen LogP contribution in [0.3, 0.4) is 0 Å². The molecule has 0 aromatic heterocycles. The molecule has 3 nitrogen and oxygen atoms in total. The molecule has 0 aliphatic carbocycles. The first-order chi connectivity index (χ1) is 13.9. The number of hydrogen-bond acceptors (Lipinski definition) is 3. The fraction of sp³-hybridized carbons (Fsp3) is 0.143. The number of benzene rings is 3. The molecule has 0 amide bonds. The van der Waals surface area contributed by atoms with Crippen molar-refractivity contribution in [3.63, 3.8) is 0 Å². The molecule has 0 radical (unpaired) electrons. The second kappa shape index (κ2) is 10.1. The van der Waals surface area contributed by atoms with Crippen LogP contribution in [0.5, 0.6) is 11.5 Å². The van der Waals surface area contributed by atoms with Gasteiger partial charge in [-0.3, -0.25) is 0 Å². The lowest BCUT2D eigenvalue weighted by atomic mass is 10.2. The minimum absolute atomic E-state index is 0.284. The van der Waals surface area contributed by atoms with Gasteiger partial charge in [-0.1, -0.05) is 52.5 Å². The quantitative estimate of drug-likeness (QED) is 0.330. The van der Waals surface area contributed by atoms with Crippen LogP contribution in [0.4, 0.5) is 5.69 Å². The monoisotopic (exact) mass is 533 g/mol. The SMILES string of the molecule is COc1cc(CNc2ccc(Cl)c(Cl)c2)cc(Br)c1OCc1ccc(Cl)cc1Cl. The molecule has 29 heavy (non-hydrogen) atoms. The van der Waals surface area contributed by atoms with Gasteiger partial charge < -0.3 is 14.8 Å². The van der Waals surface area contributed by atoms with Gasteiger partial charge in [-0.2, -0.15) is 0 Å². The van der Waals surface area contributed by atoms with Crippen molar-refractivity contribution in [2.75, 3.05) is 12.4 Å². The summed E-state index contributed by atoms with van der Waals surface area (Å²) in [6.07, 6.45) is 0. The third kappa shape index (κ3) is 5.87. The van der Waals surface area contributed by atoms with Gasteiger partial charge >= 0.3 is 0 Å². The third-order valence-electron chi connectivity index (χ3n) is 4.09. The Morgan fingerprint density at radius 3 is 2.38 bits per heavy atom. The molecule has 0 bridgehead atoms. The molecule has 8 heteroatoms. The Labute approximate surface area is 197 Å². The van der Waals surface area contributed by atoms with Gasteiger partial charge in [0.25, 0.3) is 0 Å². The van der Waals surface area contributed by atoms with Crippen LogP contribution in [0, 0.1) is 0 Å². The molecule has 0 saturated carbocycles. The van der Waals surface area contributed by atoms with Crippen molar-refractivity contribution in [2.24, 2.45) is 0 Å². The highest BCUT2D eigenvalue weighted by Crippen LogP contribution is 2.38. The molecule has 3 aromatic carbocycles. The van der Waals surface area contributed by atoms with Gasteiger partial charge in [-0.25, -0.2) is 0 Å². The number of ether oxygens (including phenoxy) is 2. The van der Waals surface area contributed by atoms with Crippen molar-refractivity contribution in [3.8, 4) is 11.5 Å². The standard InChI is InChI=1S/C21H16BrCl4NO2/c1-28-20-7-12(10-27-15-4-5-17(24)19(26)9-15)6-16(22)21(20)29-11-13-2-3-14(23)8-18(13)25/h2-9,27H,10-11H2,1H3. The molecular weight excluding hydrogens is 520 g/mol. The zero-order chi connectivity index (χ0) is 21.0. The highest BCUT2D eigenvalue weighted by Gasteiger charge is 2.13. The Bertz CT molecular complexity index is 1030. The van der Waals surface area contributed by atoms with E-state index < -0.39 is 0 Å². The Balaban J connectivity index is 1.73. The van der Waals surface area contributed by atoms with Crippen molar-refractivity contribution >= 4 is 68.0 Å². The predicted octanol–water partition coefficient (Wildman–Crippen LogP) is 8.26. The summed E-state index contributed by atoms with van der Waals surface area (Å²) in [5, 5.41) is 5.46. The predicted molar refractivity (Wildman–Crippen MR) is 125 cm³/mol. The molecule has 3 rings (SSSR count). The Kier molecular flexibility index (Phi) is 7.83. The second-order valence-electron chi connectivity index (χ2n) is 6.12. The van der Waals surface area contributed by atoms with Gasteiger partial charge in [-0.05, 0) is 64.0 Å². The number of rotatable bonds is 7. The van der Waals surface area contributed by atoms with Crippen LogP contribution in [0.2, 0.25) is 20.1 Å². The average molecular weight is 536 g/mol. The van der Waals surface area contributed by atoms with E-state index in [1.165, 1.54) is 0 Å². The summed E-state index contributed by atoms with van der Waals surface area (Å²) in [4.78, 5) is 0. The molecule has 3 aromatic rings. The van der Waals surface area contributed by atoms with E-state index >= 15 is 0 Å². The minimum Gasteiger partial charge on any atom is -0.493 e. The van der Waals surface area contributed by atoms with Gasteiger partial charge in [0, 0.05) is 27.8 Å². The van der Waals surface area contributed by atoms with Crippen LogP contribution in [-0.4, -0.2) is 7.11 Å². The van der Waals surface area contributed by atoms with Gasteiger partial charge in [0.15, 0.2) is 11.5 Å². The molecule has 0 heterocycles. The lowest BCUT2D eigenvalue weighted by Crippen LogP contribution is -2.03. The summed E-state index contributed by atoms with van der Waals surface area (Å²) in [5.41, 5.74) is 2.69. The maximum atomic E-state index is 6.22. The fourth-order valence-electron chi connectivity index (χ4n) is 2.61. The van der Waals surface area contributed by atoms with Crippen LogP contribution in [0.25, 0.3) is 0 Å². The number of methoxy groups -OCH3 is 1. The highest BCUT2D eigenvalue weighted by molar-refractivity contribution is 9.10. The first-order valence-corrected chi connectivity index (χ1v) is 10.8. The van der Waals surface area contributed by atoms with Gasteiger partial charge in [-0.15, -0.1) is 0 Å². The molecule has 0 aliphatic rings. The zero-order valence-corrected chi connectivity index (χ0v) is 19.8. The van der Waals surface area contributed by atoms with E-state index in [2.05, 4.69) is 21.2 Å². The molecule has 0 aliphatic heterocycles. The summed E-state index contributed by atoms with van der Waals surface area (Å²) in [7, 11) is 1.60. The Morgan fingerprint density at radius 2 is 1.69 bits per heavy atom. The third-order valence-corrected chi connectivity index (χ3v) is 6.01. The van der Waals surface area contributed by atoms with Gasteiger partial charge in [0.05, 0.1) is 21.6 Å². The van der Waals surface area contributed by atoms with Crippen molar-refractivity contribution in [3.05, 3.63) is 84.2 Å². The summed E-state index contributed by atoms with van der Waals surface area (Å²) >= 11 is 27.7. The topological polar surface area (TPSA) is 30.5 Å². The normalized spacial score (nSPS) is 10.7. The zero-order valence-electron chi connectivity index (χ0n) is 15.2. The van der Waals surface area contributed by atoms with Crippen molar-refractivity contribution in [2.45, 2.75) is 13.2 Å². The molecule has 0 fully saturated rings. The van der Waals surface area contributed by atoms with Crippen LogP contribution in [0.1, 0.15) is 11.1 Å². The summed E-state index contributed by atoms with van der Waals surface area (Å²) in [6, 6.07) is 14.6. The number of anilines is 1. The molecular formula is C21H16BrCl4NO2. The summed E-state index contributed by atoms with van der Waals surface area (Å²) in [6.45, 7) is 0.849. The van der Waals surface area contributed by atoms with Crippen molar-refractivity contribution in [1.29, 1.82) is 0 Å². The first-order valence-electron chi connectivity index (χ1n) is 8.49. The van der Waals surface area contributed by atoms with Crippen molar-refractivity contribution in [1.82, 2.24) is 0 Å². The number of nitrogens with one attached hydrogen (secondary N) is 1. The van der Waals surface area contributed by atoms with Crippen LogP contribution in [0.15, 0.2) is 53.0 Å². The average Bonchev–Trinajstić information content (AvgIpc) is 2.69. The molecule has 152 valence electrons. The molecule has 1 N–H and O–H groups in total. The summed E-state index contributed by atoms with van der Waals surface area (Å²) < 4.78 is 12.2. The fourth-order valence-corrected chi connectivity index (χ4v) is 3.98. The largest absolute Gasteiger partial charge is 0.493 e. The van der Waals surface area contributed by atoms with E-state index in [-0.39, 0.29) is 6.61 Å². The first kappa shape index (κ1) is 22.4. The summed E-state index contributed by atoms with van der Waals surface area (Å²) in [5.74, 6) is 1.20. The van der Waals surface area contributed by atoms with E-state index in [4.69, 9.17) is 55.9 Å². The molecule has 0 unspecified atom stereocenters. The number of halogens is 5. The maximum Gasteiger partial charge on any atom is 0.175 e. The van der Waals surface area contributed by atoms with E-state index in [9.17, 15) is 0 Å². The smallest absolute Gasteiger partial charge is 0.175 e. The van der Waals surface area contributed by atoms with E-state index in [0.29, 0.717) is 38.1 Å². The van der Waals surface area contributed by atoms with Crippen LogP contribution in [-0.2, 0) is 13.2 Å². The van der Waals surface area contributed by atoms with Crippen LogP contribution >= 0.6 is 62.3 Å². The van der Waals surface area contributed by atoms with E-state index in [1.54, 1.807) is 31.4 Å². The minimum atomic E-state index is 0.284. The second-order valence-corrected chi connectivity index (χ2v) is 8.63. The van der Waals surface area contributed by atoms with E-state index in [1.807, 2.05) is 24.3 Å². The lowest BCUT2D eigenvalue weighted by molar-refractivity contribution is 0.282. The van der Waals surface area contributed by atoms with E-state index in [0.717, 1.165) is 21.3 Å². The Morgan fingerprint density at radius 1 is 0.897 bits per heavy atom. The highest BCUT2D eigenvalue weighted by atomic mass is 79.9. The van der Waals surface area contributed by atoms with Gasteiger partial charge in [0.1, 0.15) is 6.61 Å². The molecule has 0 spiro atoms. The maximum absolute atomic E-state index is 6.22. The molecule has 0 saturated heterocycles. The number of hydrogen-bond donors (Lipinski definition) is 1. The Hall–Kier alpha value is -1.30.